The van der Waals surface area contributed by atoms with Gasteiger partial charge in [-0.2, -0.15) is 0 Å². The lowest BCUT2D eigenvalue weighted by molar-refractivity contribution is -0.125. The van der Waals surface area contributed by atoms with Crippen LogP contribution in [-0.2, 0) is 16.2 Å². The van der Waals surface area contributed by atoms with Gasteiger partial charge in [0.25, 0.3) is 0 Å². The average molecular weight is 514 g/mol. The second kappa shape index (κ2) is 10.9. The van der Waals surface area contributed by atoms with Crippen molar-refractivity contribution >= 4 is 46.4 Å². The first kappa shape index (κ1) is 24.7. The van der Waals surface area contributed by atoms with Gasteiger partial charge in [-0.1, -0.05) is 47.0 Å². The molecule has 2 N–H and O–H groups in total. The highest BCUT2D eigenvalue weighted by atomic mass is 35.5. The SMILES string of the molecule is COc1cc(NNC(=O)[C@@H]2CC(=O)N(c3ccc(C)cc3)C2)ccc1OCc1ccc(Cl)cc1Cl. The third-order valence-electron chi connectivity index (χ3n) is 5.73. The Morgan fingerprint density at radius 1 is 1.06 bits per heavy atom. The van der Waals surface area contributed by atoms with Gasteiger partial charge in [0.05, 0.1) is 18.7 Å². The topological polar surface area (TPSA) is 79.9 Å². The number of carbonyl (C=O) groups excluding carboxylic acids is 2. The minimum atomic E-state index is -0.454. The van der Waals surface area contributed by atoms with Gasteiger partial charge in [-0.15, -0.1) is 0 Å². The van der Waals surface area contributed by atoms with Gasteiger partial charge in [0, 0.05) is 40.3 Å². The molecule has 9 heteroatoms. The molecule has 35 heavy (non-hydrogen) atoms. The Kier molecular flexibility index (Phi) is 7.68. The van der Waals surface area contributed by atoms with Crippen LogP contribution in [0.1, 0.15) is 17.5 Å². The second-order valence-corrected chi connectivity index (χ2v) is 9.09. The summed E-state index contributed by atoms with van der Waals surface area (Å²) in [5, 5.41) is 1.07. The van der Waals surface area contributed by atoms with Crippen molar-refractivity contribution in [3.05, 3.63) is 81.8 Å². The van der Waals surface area contributed by atoms with Gasteiger partial charge in [-0.3, -0.25) is 20.4 Å². The molecule has 1 heterocycles. The van der Waals surface area contributed by atoms with Crippen LogP contribution in [0.5, 0.6) is 11.5 Å². The lowest BCUT2D eigenvalue weighted by Crippen LogP contribution is -2.36. The highest BCUT2D eigenvalue weighted by Gasteiger charge is 2.35. The van der Waals surface area contributed by atoms with Gasteiger partial charge >= 0.3 is 0 Å². The van der Waals surface area contributed by atoms with Crippen molar-refractivity contribution in [3.8, 4) is 11.5 Å². The number of anilines is 2. The lowest BCUT2D eigenvalue weighted by atomic mass is 10.1. The number of hydrogen-bond donors (Lipinski definition) is 2. The quantitative estimate of drug-likeness (QED) is 0.395. The van der Waals surface area contributed by atoms with Crippen LogP contribution in [0, 0.1) is 12.8 Å². The molecule has 1 atom stereocenters. The van der Waals surface area contributed by atoms with Crippen molar-refractivity contribution in [2.75, 3.05) is 24.0 Å². The molecule has 0 aliphatic carbocycles. The third kappa shape index (κ3) is 5.99. The van der Waals surface area contributed by atoms with Gasteiger partial charge < -0.3 is 14.4 Å². The molecule has 0 unspecified atom stereocenters. The summed E-state index contributed by atoms with van der Waals surface area (Å²) >= 11 is 12.1. The Bertz CT molecular complexity index is 1230. The van der Waals surface area contributed by atoms with Crippen molar-refractivity contribution in [2.45, 2.75) is 20.0 Å². The van der Waals surface area contributed by atoms with Gasteiger partial charge in [0.2, 0.25) is 11.8 Å². The van der Waals surface area contributed by atoms with E-state index in [0.717, 1.165) is 16.8 Å². The zero-order chi connectivity index (χ0) is 24.9. The molecule has 3 aromatic rings. The first-order chi connectivity index (χ1) is 16.8. The molecule has 0 spiro atoms. The maximum atomic E-state index is 12.7. The first-order valence-corrected chi connectivity index (χ1v) is 11.8. The summed E-state index contributed by atoms with van der Waals surface area (Å²) < 4.78 is 11.3. The summed E-state index contributed by atoms with van der Waals surface area (Å²) in [5.74, 6) is 0.217. The molecule has 0 saturated carbocycles. The molecule has 7 nitrogen and oxygen atoms in total. The van der Waals surface area contributed by atoms with Gasteiger partial charge in [-0.25, -0.2) is 0 Å². The van der Waals surface area contributed by atoms with E-state index in [1.165, 1.54) is 7.11 Å². The minimum absolute atomic E-state index is 0.0713. The fraction of sp³-hybridized carbons (Fsp3) is 0.231. The monoisotopic (exact) mass is 513 g/mol. The highest BCUT2D eigenvalue weighted by molar-refractivity contribution is 6.35. The van der Waals surface area contributed by atoms with E-state index in [2.05, 4.69) is 10.9 Å². The molecule has 4 rings (SSSR count). The van der Waals surface area contributed by atoms with Crippen molar-refractivity contribution in [1.29, 1.82) is 0 Å². The van der Waals surface area contributed by atoms with Crippen LogP contribution >= 0.6 is 23.2 Å². The van der Waals surface area contributed by atoms with E-state index in [1.807, 2.05) is 31.2 Å². The van der Waals surface area contributed by atoms with Gasteiger partial charge in [0.15, 0.2) is 11.5 Å². The zero-order valence-electron chi connectivity index (χ0n) is 19.3. The third-order valence-corrected chi connectivity index (χ3v) is 6.32. The van der Waals surface area contributed by atoms with Crippen LogP contribution in [0.25, 0.3) is 0 Å². The molecular weight excluding hydrogens is 489 g/mol. The lowest BCUT2D eigenvalue weighted by Gasteiger charge is -2.17. The van der Waals surface area contributed by atoms with E-state index in [9.17, 15) is 9.59 Å². The number of nitrogens with one attached hydrogen (secondary N) is 2. The standard InChI is InChI=1S/C26H25Cl2N3O4/c1-16-3-8-21(9-4-16)31-14-18(11-25(31)32)26(33)30-29-20-7-10-23(24(13-20)34-2)35-15-17-5-6-19(27)12-22(17)28/h3-10,12-13,18,29H,11,14-15H2,1-2H3,(H,30,33)/t18-/m1/s1. The molecule has 0 radical (unpaired) electrons. The predicted octanol–water partition coefficient (Wildman–Crippen LogP) is 5.39. The van der Waals surface area contributed by atoms with Crippen molar-refractivity contribution < 1.29 is 19.1 Å². The maximum Gasteiger partial charge on any atom is 0.243 e. The van der Waals surface area contributed by atoms with Crippen LogP contribution in [-0.4, -0.2) is 25.5 Å². The fourth-order valence-electron chi connectivity index (χ4n) is 3.75. The van der Waals surface area contributed by atoms with Crippen LogP contribution in [0.3, 0.4) is 0 Å². The zero-order valence-corrected chi connectivity index (χ0v) is 20.8. The van der Waals surface area contributed by atoms with Crippen LogP contribution in [0.2, 0.25) is 10.0 Å². The second-order valence-electron chi connectivity index (χ2n) is 8.25. The van der Waals surface area contributed by atoms with E-state index in [0.29, 0.717) is 33.8 Å². The number of nitrogens with zero attached hydrogens (tertiary/aromatic N) is 1. The fourth-order valence-corrected chi connectivity index (χ4v) is 4.22. The molecule has 1 aliphatic rings. The van der Waals surface area contributed by atoms with Crippen LogP contribution in [0.15, 0.2) is 60.7 Å². The molecule has 1 aliphatic heterocycles. The van der Waals surface area contributed by atoms with Crippen molar-refractivity contribution in [3.63, 3.8) is 0 Å². The van der Waals surface area contributed by atoms with Crippen molar-refractivity contribution in [1.82, 2.24) is 5.43 Å². The molecule has 1 saturated heterocycles. The number of hydrazine groups is 1. The smallest absolute Gasteiger partial charge is 0.243 e. The Morgan fingerprint density at radius 2 is 1.83 bits per heavy atom. The number of benzene rings is 3. The van der Waals surface area contributed by atoms with E-state index < -0.39 is 5.92 Å². The van der Waals surface area contributed by atoms with E-state index in [4.69, 9.17) is 32.7 Å². The van der Waals surface area contributed by atoms with Crippen LogP contribution < -0.4 is 25.2 Å². The highest BCUT2D eigenvalue weighted by Crippen LogP contribution is 2.32. The Labute approximate surface area is 213 Å². The van der Waals surface area contributed by atoms with E-state index >= 15 is 0 Å². The van der Waals surface area contributed by atoms with E-state index in [1.54, 1.807) is 41.3 Å². The molecule has 1 fully saturated rings. The number of hydrogen-bond acceptors (Lipinski definition) is 5. The molecular formula is C26H25Cl2N3O4. The largest absolute Gasteiger partial charge is 0.493 e. The minimum Gasteiger partial charge on any atom is -0.493 e. The Morgan fingerprint density at radius 3 is 2.54 bits per heavy atom. The summed E-state index contributed by atoms with van der Waals surface area (Å²) in [7, 11) is 1.53. The van der Waals surface area contributed by atoms with Gasteiger partial charge in [-0.05, 0) is 43.3 Å². The van der Waals surface area contributed by atoms with Gasteiger partial charge in [0.1, 0.15) is 6.61 Å². The van der Waals surface area contributed by atoms with Crippen molar-refractivity contribution in [2.24, 2.45) is 5.92 Å². The predicted molar refractivity (Wildman–Crippen MR) is 137 cm³/mol. The molecule has 182 valence electrons. The van der Waals surface area contributed by atoms with Crippen LogP contribution in [0.4, 0.5) is 11.4 Å². The number of methoxy groups -OCH3 is 1. The maximum absolute atomic E-state index is 12.7. The molecule has 0 aromatic heterocycles. The first-order valence-electron chi connectivity index (χ1n) is 11.0. The number of halogens is 2. The summed E-state index contributed by atoms with van der Waals surface area (Å²) in [6, 6.07) is 18.1. The Balaban J connectivity index is 1.34. The summed E-state index contributed by atoms with van der Waals surface area (Å²) in [5.41, 5.74) is 8.88. The number of ether oxygens (including phenoxy) is 2. The summed E-state index contributed by atoms with van der Waals surface area (Å²) in [6.07, 6.45) is 0.157. The summed E-state index contributed by atoms with van der Waals surface area (Å²) in [4.78, 5) is 26.8. The molecule has 2 amide bonds. The Hall–Kier alpha value is -3.42. The molecule has 0 bridgehead atoms. The number of amides is 2. The number of carbonyl (C=O) groups is 2. The average Bonchev–Trinajstić information content (AvgIpc) is 3.24. The van der Waals surface area contributed by atoms with E-state index in [-0.39, 0.29) is 24.8 Å². The molecule has 3 aromatic carbocycles. The number of rotatable bonds is 8. The summed E-state index contributed by atoms with van der Waals surface area (Å²) in [6.45, 7) is 2.56. The number of aryl methyl sites for hydroxylation is 1. The normalized spacial score (nSPS) is 15.1.